The number of aromatic carboxylic acids is 1. The van der Waals surface area contributed by atoms with E-state index in [4.69, 9.17) is 5.11 Å². The number of hydrogen-bond acceptors (Lipinski definition) is 4. The van der Waals surface area contributed by atoms with Crippen LogP contribution in [0.25, 0.3) is 0 Å². The fraction of sp³-hybridized carbons (Fsp3) is 0.320. The lowest BCUT2D eigenvalue weighted by molar-refractivity contribution is -0.141. The highest BCUT2D eigenvalue weighted by molar-refractivity contribution is 6.01. The molecule has 10 heteroatoms. The Morgan fingerprint density at radius 1 is 1.06 bits per heavy atom. The Kier molecular flexibility index (Phi) is 6.56. The van der Waals surface area contributed by atoms with Gasteiger partial charge in [0.15, 0.2) is 5.69 Å². The molecule has 1 aliphatic heterocycles. The van der Waals surface area contributed by atoms with Crippen molar-refractivity contribution < 1.29 is 27.9 Å². The Hall–Kier alpha value is -3.82. The molecule has 0 saturated carbocycles. The molecular formula is C25H25F3N4O3. The van der Waals surface area contributed by atoms with Crippen LogP contribution in [-0.4, -0.2) is 33.3 Å². The minimum atomic E-state index is -4.80. The van der Waals surface area contributed by atoms with Gasteiger partial charge in [-0.15, -0.1) is 0 Å². The summed E-state index contributed by atoms with van der Waals surface area (Å²) in [6.45, 7) is 4.68. The number of carboxylic acid groups (broad SMARTS) is 1. The second kappa shape index (κ2) is 9.44. The van der Waals surface area contributed by atoms with Crippen molar-refractivity contribution in [3.8, 4) is 0 Å². The molecule has 0 bridgehead atoms. The Balaban J connectivity index is 1.63. The van der Waals surface area contributed by atoms with Gasteiger partial charge in [0.05, 0.1) is 18.2 Å². The average molecular weight is 486 g/mol. The summed E-state index contributed by atoms with van der Waals surface area (Å²) in [5.74, 6) is -1.84. The van der Waals surface area contributed by atoms with Crippen LogP contribution in [0.4, 0.5) is 19.0 Å². The van der Waals surface area contributed by atoms with E-state index in [1.807, 2.05) is 31.2 Å². The zero-order chi connectivity index (χ0) is 25.3. The average Bonchev–Trinajstić information content (AvgIpc) is 3.39. The van der Waals surface area contributed by atoms with Crippen molar-refractivity contribution in [2.24, 2.45) is 0 Å². The molecule has 4 rings (SSSR count). The Labute approximate surface area is 200 Å². The van der Waals surface area contributed by atoms with Crippen LogP contribution < -0.4 is 10.2 Å². The van der Waals surface area contributed by atoms with Crippen LogP contribution in [0.5, 0.6) is 0 Å². The molecule has 1 aliphatic rings. The summed E-state index contributed by atoms with van der Waals surface area (Å²) in [5, 5.41) is 15.4. The number of aromatic nitrogens is 2. The summed E-state index contributed by atoms with van der Waals surface area (Å²) in [7, 11) is 0. The van der Waals surface area contributed by atoms with E-state index >= 15 is 0 Å². The molecule has 35 heavy (non-hydrogen) atoms. The molecule has 3 aromatic rings. The summed E-state index contributed by atoms with van der Waals surface area (Å²) in [4.78, 5) is 26.0. The second-order valence-corrected chi connectivity index (χ2v) is 8.48. The van der Waals surface area contributed by atoms with Crippen LogP contribution in [0.3, 0.4) is 0 Å². The standard InChI is InChI=1S/C25H25F3N4O3/c1-3-16-4-6-17(7-5-16)14-31-12-13-32-23(31)20(21(30-32)25(26,27)28)22(33)29-15(2)18-8-10-19(11-9-18)24(34)35/h4-11,15H,3,12-14H2,1-2H3,(H,29,33)(H,34,35). The molecule has 2 heterocycles. The van der Waals surface area contributed by atoms with E-state index in [1.54, 1.807) is 11.8 Å². The van der Waals surface area contributed by atoms with E-state index in [-0.39, 0.29) is 17.9 Å². The lowest BCUT2D eigenvalue weighted by Crippen LogP contribution is -2.31. The fourth-order valence-electron chi connectivity index (χ4n) is 4.18. The van der Waals surface area contributed by atoms with Crippen LogP contribution in [0.1, 0.15) is 63.0 Å². The van der Waals surface area contributed by atoms with Gasteiger partial charge in [0.1, 0.15) is 11.4 Å². The van der Waals surface area contributed by atoms with E-state index < -0.39 is 35.4 Å². The molecule has 184 valence electrons. The van der Waals surface area contributed by atoms with Gasteiger partial charge in [-0.1, -0.05) is 43.3 Å². The van der Waals surface area contributed by atoms with Gasteiger partial charge in [-0.2, -0.15) is 18.3 Å². The van der Waals surface area contributed by atoms with Gasteiger partial charge in [-0.05, 0) is 42.2 Å². The first kappa shape index (κ1) is 24.3. The number of carbonyl (C=O) groups is 2. The maximum Gasteiger partial charge on any atom is 0.436 e. The van der Waals surface area contributed by atoms with Crippen LogP contribution in [0, 0.1) is 0 Å². The number of amides is 1. The van der Waals surface area contributed by atoms with Crippen molar-refractivity contribution in [2.45, 2.75) is 45.6 Å². The predicted octanol–water partition coefficient (Wildman–Crippen LogP) is 4.67. The maximum atomic E-state index is 13.9. The monoisotopic (exact) mass is 486 g/mol. The first-order valence-electron chi connectivity index (χ1n) is 11.2. The fourth-order valence-corrected chi connectivity index (χ4v) is 4.18. The van der Waals surface area contributed by atoms with Gasteiger partial charge in [0, 0.05) is 13.1 Å². The summed E-state index contributed by atoms with van der Waals surface area (Å²) in [6.07, 6.45) is -3.92. The molecule has 7 nitrogen and oxygen atoms in total. The Bertz CT molecular complexity index is 1230. The normalized spacial score (nSPS) is 14.0. The van der Waals surface area contributed by atoms with Crippen LogP contribution >= 0.6 is 0 Å². The van der Waals surface area contributed by atoms with Gasteiger partial charge in [-0.25, -0.2) is 9.48 Å². The number of benzene rings is 2. The third kappa shape index (κ3) is 5.01. The van der Waals surface area contributed by atoms with Crippen LogP contribution in [-0.2, 0) is 25.7 Å². The number of hydrogen-bond donors (Lipinski definition) is 2. The number of nitrogens with one attached hydrogen (secondary N) is 1. The highest BCUT2D eigenvalue weighted by atomic mass is 19.4. The summed E-state index contributed by atoms with van der Waals surface area (Å²) < 4.78 is 42.8. The largest absolute Gasteiger partial charge is 0.478 e. The second-order valence-electron chi connectivity index (χ2n) is 8.48. The third-order valence-electron chi connectivity index (χ3n) is 6.11. The topological polar surface area (TPSA) is 87.5 Å². The Morgan fingerprint density at radius 2 is 1.69 bits per heavy atom. The number of halogens is 3. The minimum absolute atomic E-state index is 0.0729. The quantitative estimate of drug-likeness (QED) is 0.507. The number of carbonyl (C=O) groups excluding carboxylic acids is 1. The molecule has 2 aromatic carbocycles. The van der Waals surface area contributed by atoms with Gasteiger partial charge < -0.3 is 15.3 Å². The molecule has 0 fully saturated rings. The van der Waals surface area contributed by atoms with Gasteiger partial charge in [0.25, 0.3) is 5.91 Å². The molecule has 1 aromatic heterocycles. The van der Waals surface area contributed by atoms with Crippen molar-refractivity contribution in [3.63, 3.8) is 0 Å². The van der Waals surface area contributed by atoms with Crippen molar-refractivity contribution in [2.75, 3.05) is 11.4 Å². The van der Waals surface area contributed by atoms with Gasteiger partial charge >= 0.3 is 12.1 Å². The van der Waals surface area contributed by atoms with Gasteiger partial charge in [-0.3, -0.25) is 4.79 Å². The predicted molar refractivity (Wildman–Crippen MR) is 123 cm³/mol. The van der Waals surface area contributed by atoms with E-state index in [9.17, 15) is 22.8 Å². The molecule has 0 aliphatic carbocycles. The summed E-state index contributed by atoms with van der Waals surface area (Å²) in [6, 6.07) is 13.0. The molecule has 1 atom stereocenters. The molecule has 2 N–H and O–H groups in total. The first-order chi connectivity index (χ1) is 16.6. The van der Waals surface area contributed by atoms with E-state index in [2.05, 4.69) is 10.4 Å². The number of carboxylic acids is 1. The smallest absolute Gasteiger partial charge is 0.436 e. The minimum Gasteiger partial charge on any atom is -0.478 e. The number of alkyl halides is 3. The zero-order valence-electron chi connectivity index (χ0n) is 19.3. The number of rotatable bonds is 7. The zero-order valence-corrected chi connectivity index (χ0v) is 19.3. The van der Waals surface area contributed by atoms with Crippen molar-refractivity contribution in [1.29, 1.82) is 0 Å². The number of nitrogens with zero attached hydrogens (tertiary/aromatic N) is 3. The van der Waals surface area contributed by atoms with E-state index in [0.29, 0.717) is 18.7 Å². The highest BCUT2D eigenvalue weighted by Gasteiger charge is 2.44. The van der Waals surface area contributed by atoms with Crippen molar-refractivity contribution >= 4 is 17.7 Å². The van der Waals surface area contributed by atoms with Crippen LogP contribution in [0.2, 0.25) is 0 Å². The molecule has 1 amide bonds. The van der Waals surface area contributed by atoms with E-state index in [1.165, 1.54) is 28.9 Å². The molecule has 0 radical (unpaired) electrons. The molecule has 1 unspecified atom stereocenters. The van der Waals surface area contributed by atoms with Crippen LogP contribution in [0.15, 0.2) is 48.5 Å². The lowest BCUT2D eigenvalue weighted by atomic mass is 10.1. The molecule has 0 spiro atoms. The SMILES string of the molecule is CCc1ccc(CN2CCn3nc(C(F)(F)F)c(C(=O)NC(C)c4ccc(C(=O)O)cc4)c32)cc1. The summed E-state index contributed by atoms with van der Waals surface area (Å²) in [5.41, 5.74) is 0.990. The maximum absolute atomic E-state index is 13.9. The van der Waals surface area contributed by atoms with Crippen molar-refractivity contribution in [3.05, 3.63) is 82.0 Å². The lowest BCUT2D eigenvalue weighted by Gasteiger charge is -2.21. The van der Waals surface area contributed by atoms with Crippen molar-refractivity contribution in [1.82, 2.24) is 15.1 Å². The molecule has 0 saturated heterocycles. The first-order valence-corrected chi connectivity index (χ1v) is 11.2. The number of anilines is 1. The molecular weight excluding hydrogens is 461 g/mol. The Morgan fingerprint density at radius 3 is 2.26 bits per heavy atom. The van der Waals surface area contributed by atoms with E-state index in [0.717, 1.165) is 17.5 Å². The summed E-state index contributed by atoms with van der Waals surface area (Å²) >= 11 is 0. The number of fused-ring (bicyclic) bond motifs is 1. The number of aryl methyl sites for hydroxylation is 1. The third-order valence-corrected chi connectivity index (χ3v) is 6.11. The van der Waals surface area contributed by atoms with Gasteiger partial charge in [0.2, 0.25) is 0 Å². The highest BCUT2D eigenvalue weighted by Crippen LogP contribution is 2.38.